The second-order valence-electron chi connectivity index (χ2n) is 7.68. The Bertz CT molecular complexity index is 1180. The van der Waals surface area contributed by atoms with Crippen molar-refractivity contribution in [3.05, 3.63) is 82.1 Å². The summed E-state index contributed by atoms with van der Waals surface area (Å²) >= 11 is 1.56. The largest absolute Gasteiger partial charge is 0.332 e. The van der Waals surface area contributed by atoms with Crippen molar-refractivity contribution in [3.63, 3.8) is 0 Å². The maximum atomic E-state index is 13.4. The molecule has 0 aliphatic carbocycles. The Labute approximate surface area is 193 Å². The van der Waals surface area contributed by atoms with Gasteiger partial charge in [0.1, 0.15) is 17.7 Å². The van der Waals surface area contributed by atoms with Gasteiger partial charge in [-0.3, -0.25) is 9.59 Å². The normalized spacial score (nSPS) is 15.9. The number of imide groups is 1. The van der Waals surface area contributed by atoms with E-state index in [0.29, 0.717) is 12.1 Å². The van der Waals surface area contributed by atoms with E-state index in [9.17, 15) is 23.2 Å². The highest BCUT2D eigenvalue weighted by molar-refractivity contribution is 7.10. The summed E-state index contributed by atoms with van der Waals surface area (Å²) in [5.41, 5.74) is 1.72. The van der Waals surface area contributed by atoms with Gasteiger partial charge in [0.15, 0.2) is 0 Å². The molecule has 3 aromatic rings. The first kappa shape index (κ1) is 22.6. The lowest BCUT2D eigenvalue weighted by Crippen LogP contribution is -2.39. The molecule has 1 aliphatic heterocycles. The van der Waals surface area contributed by atoms with Crippen molar-refractivity contribution in [2.75, 3.05) is 16.8 Å². The number of urea groups is 1. The number of anilines is 2. The van der Waals surface area contributed by atoms with Gasteiger partial charge in [-0.15, -0.1) is 11.3 Å². The van der Waals surface area contributed by atoms with Crippen LogP contribution in [-0.2, 0) is 16.0 Å². The summed E-state index contributed by atoms with van der Waals surface area (Å²) in [6.07, 6.45) is 0.277. The number of thiophene rings is 1. The second kappa shape index (κ2) is 9.50. The zero-order valence-corrected chi connectivity index (χ0v) is 18.6. The molecule has 0 radical (unpaired) electrons. The lowest BCUT2D eigenvalue weighted by Gasteiger charge is -2.21. The van der Waals surface area contributed by atoms with Crippen LogP contribution in [0.4, 0.5) is 25.0 Å². The topological polar surface area (TPSA) is 69.7 Å². The zero-order valence-electron chi connectivity index (χ0n) is 17.8. The zero-order chi connectivity index (χ0) is 23.5. The average molecular weight is 470 g/mol. The third kappa shape index (κ3) is 4.93. The summed E-state index contributed by atoms with van der Waals surface area (Å²) in [6.45, 7) is 2.22. The monoisotopic (exact) mass is 469 g/mol. The highest BCUT2D eigenvalue weighted by Gasteiger charge is 2.46. The third-order valence-corrected chi connectivity index (χ3v) is 6.54. The van der Waals surface area contributed by atoms with Crippen molar-refractivity contribution in [2.45, 2.75) is 25.8 Å². The molecule has 1 unspecified atom stereocenters. The smallest absolute Gasteiger partial charge is 0.326 e. The maximum absolute atomic E-state index is 13.4. The summed E-state index contributed by atoms with van der Waals surface area (Å²) in [5.74, 6) is -1.96. The Kier molecular flexibility index (Phi) is 6.50. The van der Waals surface area contributed by atoms with Crippen molar-refractivity contribution in [1.29, 1.82) is 0 Å². The van der Waals surface area contributed by atoms with Crippen LogP contribution >= 0.6 is 11.3 Å². The summed E-state index contributed by atoms with van der Waals surface area (Å²) in [4.78, 5) is 42.5. The van der Waals surface area contributed by atoms with Crippen LogP contribution in [-0.4, -0.2) is 35.3 Å². The predicted molar refractivity (Wildman–Crippen MR) is 122 cm³/mol. The number of halogens is 2. The summed E-state index contributed by atoms with van der Waals surface area (Å²) in [5, 5.41) is 4.59. The Morgan fingerprint density at radius 1 is 1.00 bits per heavy atom. The number of benzene rings is 2. The fourth-order valence-electron chi connectivity index (χ4n) is 3.72. The standard InChI is InChI=1S/C24H21F2N3O3S/c1-15-11-13-33-21(15)10-12-28-20(14-22(30)27-18-6-2-16(25)3-7-18)23(31)29(24(28)32)19-8-4-17(26)5-9-19/h2-9,11,13,20H,10,12,14H2,1H3,(H,27,30). The van der Waals surface area contributed by atoms with Gasteiger partial charge >= 0.3 is 6.03 Å². The van der Waals surface area contributed by atoms with Gasteiger partial charge in [-0.05, 0) is 78.9 Å². The lowest BCUT2D eigenvalue weighted by atomic mass is 10.1. The third-order valence-electron chi connectivity index (χ3n) is 5.46. The minimum absolute atomic E-state index is 0.241. The SMILES string of the molecule is Cc1ccsc1CCN1C(=O)N(c2ccc(F)cc2)C(=O)C1CC(=O)Nc1ccc(F)cc1. The average Bonchev–Trinajstić information content (AvgIpc) is 3.29. The van der Waals surface area contributed by atoms with E-state index in [-0.39, 0.29) is 18.7 Å². The molecule has 0 saturated carbocycles. The number of nitrogens with zero attached hydrogens (tertiary/aromatic N) is 2. The Balaban J connectivity index is 1.55. The van der Waals surface area contributed by atoms with Crippen LogP contribution in [0.3, 0.4) is 0 Å². The summed E-state index contributed by atoms with van der Waals surface area (Å²) in [6, 6.07) is 10.7. The fraction of sp³-hybridized carbons (Fsp3) is 0.208. The van der Waals surface area contributed by atoms with Gasteiger partial charge in [-0.25, -0.2) is 18.5 Å². The van der Waals surface area contributed by atoms with E-state index in [2.05, 4.69) is 5.32 Å². The Morgan fingerprint density at radius 2 is 1.64 bits per heavy atom. The van der Waals surface area contributed by atoms with Crippen LogP contribution in [0.2, 0.25) is 0 Å². The number of rotatable bonds is 7. The number of hydrogen-bond donors (Lipinski definition) is 1. The van der Waals surface area contributed by atoms with Gasteiger partial charge in [-0.1, -0.05) is 0 Å². The van der Waals surface area contributed by atoms with Gasteiger partial charge < -0.3 is 10.2 Å². The van der Waals surface area contributed by atoms with Gasteiger partial charge in [0, 0.05) is 17.1 Å². The maximum Gasteiger partial charge on any atom is 0.332 e. The van der Waals surface area contributed by atoms with E-state index in [1.54, 1.807) is 11.3 Å². The molecule has 1 N–H and O–H groups in total. The molecule has 4 rings (SSSR count). The van der Waals surface area contributed by atoms with E-state index in [4.69, 9.17) is 0 Å². The van der Waals surface area contributed by atoms with E-state index in [1.165, 1.54) is 53.4 Å². The molecule has 0 bridgehead atoms. The molecular weight excluding hydrogens is 448 g/mol. The molecule has 0 spiro atoms. The van der Waals surface area contributed by atoms with Crippen molar-refractivity contribution < 1.29 is 23.2 Å². The minimum Gasteiger partial charge on any atom is -0.326 e. The number of amides is 4. The number of hydrogen-bond acceptors (Lipinski definition) is 4. The fourth-order valence-corrected chi connectivity index (χ4v) is 4.62. The summed E-state index contributed by atoms with van der Waals surface area (Å²) in [7, 11) is 0. The Morgan fingerprint density at radius 3 is 2.24 bits per heavy atom. The quantitative estimate of drug-likeness (QED) is 0.508. The number of aryl methyl sites for hydroxylation is 1. The Hall–Kier alpha value is -3.59. The van der Waals surface area contributed by atoms with Crippen LogP contribution in [0.15, 0.2) is 60.0 Å². The second-order valence-corrected chi connectivity index (χ2v) is 8.68. The van der Waals surface area contributed by atoms with Crippen molar-refractivity contribution in [3.8, 4) is 0 Å². The predicted octanol–water partition coefficient (Wildman–Crippen LogP) is 4.74. The molecule has 170 valence electrons. The molecule has 1 aliphatic rings. The highest BCUT2D eigenvalue weighted by Crippen LogP contribution is 2.28. The molecule has 1 atom stereocenters. The lowest BCUT2D eigenvalue weighted by molar-refractivity contribution is -0.124. The van der Waals surface area contributed by atoms with E-state index >= 15 is 0 Å². The van der Waals surface area contributed by atoms with Crippen molar-refractivity contribution in [1.82, 2.24) is 4.90 Å². The number of carbonyl (C=O) groups is 3. The van der Waals surface area contributed by atoms with Gasteiger partial charge in [0.05, 0.1) is 12.1 Å². The number of nitrogens with one attached hydrogen (secondary N) is 1. The van der Waals surface area contributed by atoms with Crippen LogP contribution in [0.25, 0.3) is 0 Å². The van der Waals surface area contributed by atoms with Crippen molar-refractivity contribution >= 4 is 40.6 Å². The molecule has 1 aromatic heterocycles. The summed E-state index contributed by atoms with van der Waals surface area (Å²) < 4.78 is 26.5. The molecule has 2 aromatic carbocycles. The minimum atomic E-state index is -1.01. The van der Waals surface area contributed by atoms with Crippen LogP contribution in [0, 0.1) is 18.6 Å². The first-order chi connectivity index (χ1) is 15.8. The molecule has 9 heteroatoms. The molecule has 33 heavy (non-hydrogen) atoms. The molecule has 2 heterocycles. The van der Waals surface area contributed by atoms with E-state index in [0.717, 1.165) is 15.3 Å². The number of carbonyl (C=O) groups excluding carboxylic acids is 3. The van der Waals surface area contributed by atoms with Gasteiger partial charge in [0.25, 0.3) is 5.91 Å². The molecule has 6 nitrogen and oxygen atoms in total. The van der Waals surface area contributed by atoms with Crippen LogP contribution in [0.1, 0.15) is 16.9 Å². The molecule has 1 saturated heterocycles. The van der Waals surface area contributed by atoms with Gasteiger partial charge in [-0.2, -0.15) is 0 Å². The van der Waals surface area contributed by atoms with Crippen LogP contribution in [0.5, 0.6) is 0 Å². The first-order valence-corrected chi connectivity index (χ1v) is 11.2. The van der Waals surface area contributed by atoms with Crippen molar-refractivity contribution in [2.24, 2.45) is 0 Å². The van der Waals surface area contributed by atoms with Gasteiger partial charge in [0.2, 0.25) is 5.91 Å². The van der Waals surface area contributed by atoms with Crippen LogP contribution < -0.4 is 10.2 Å². The first-order valence-electron chi connectivity index (χ1n) is 10.3. The molecule has 4 amide bonds. The van der Waals surface area contributed by atoms with E-state index < -0.39 is 35.5 Å². The highest BCUT2D eigenvalue weighted by atomic mass is 32.1. The molecule has 1 fully saturated rings. The molecular formula is C24H21F2N3O3S. The van der Waals surface area contributed by atoms with E-state index in [1.807, 2.05) is 18.4 Å².